The first-order valence-corrected chi connectivity index (χ1v) is 10.2. The van der Waals surface area contributed by atoms with E-state index in [-0.39, 0.29) is 11.7 Å². The normalized spacial score (nSPS) is 17.0. The van der Waals surface area contributed by atoms with Gasteiger partial charge in [0.25, 0.3) is 5.56 Å². The zero-order chi connectivity index (χ0) is 19.5. The van der Waals surface area contributed by atoms with E-state index in [1.165, 1.54) is 11.8 Å². The Morgan fingerprint density at radius 2 is 2.18 bits per heavy atom. The number of para-hydroxylation sites is 1. The molecular formula is C20H19ClN2O4S. The Labute approximate surface area is 171 Å². The van der Waals surface area contributed by atoms with Crippen LogP contribution in [0.3, 0.4) is 0 Å². The Kier molecular flexibility index (Phi) is 5.87. The van der Waals surface area contributed by atoms with Gasteiger partial charge in [-0.3, -0.25) is 9.36 Å². The highest BCUT2D eigenvalue weighted by atomic mass is 35.5. The van der Waals surface area contributed by atoms with Gasteiger partial charge in [-0.1, -0.05) is 35.5 Å². The summed E-state index contributed by atoms with van der Waals surface area (Å²) in [4.78, 5) is 18.0. The van der Waals surface area contributed by atoms with E-state index in [2.05, 4.69) is 0 Å². The van der Waals surface area contributed by atoms with Crippen molar-refractivity contribution >= 4 is 34.3 Å². The highest BCUT2D eigenvalue weighted by molar-refractivity contribution is 7.99. The van der Waals surface area contributed by atoms with Gasteiger partial charge in [0.2, 0.25) is 0 Å². The van der Waals surface area contributed by atoms with Crippen LogP contribution < -0.4 is 10.3 Å². The van der Waals surface area contributed by atoms with Crippen LogP contribution in [0.15, 0.2) is 52.4 Å². The number of benzene rings is 2. The Morgan fingerprint density at radius 1 is 1.32 bits per heavy atom. The maximum atomic E-state index is 13.3. The molecule has 0 unspecified atom stereocenters. The van der Waals surface area contributed by atoms with E-state index in [1.807, 2.05) is 18.2 Å². The third-order valence-corrected chi connectivity index (χ3v) is 5.87. The van der Waals surface area contributed by atoms with Crippen molar-refractivity contribution in [2.75, 3.05) is 26.3 Å². The minimum atomic E-state index is -0.137. The van der Waals surface area contributed by atoms with E-state index in [0.717, 1.165) is 6.42 Å². The molecule has 4 rings (SSSR count). The first-order chi connectivity index (χ1) is 13.7. The maximum Gasteiger partial charge on any atom is 0.266 e. The highest BCUT2D eigenvalue weighted by Crippen LogP contribution is 2.29. The monoisotopic (exact) mass is 418 g/mol. The van der Waals surface area contributed by atoms with Crippen LogP contribution in [0.25, 0.3) is 16.6 Å². The molecule has 0 amide bonds. The molecule has 3 aromatic rings. The Balaban J connectivity index is 1.79. The lowest BCUT2D eigenvalue weighted by Gasteiger charge is -2.22. The van der Waals surface area contributed by atoms with Crippen LogP contribution >= 0.6 is 23.4 Å². The van der Waals surface area contributed by atoms with E-state index in [0.29, 0.717) is 51.7 Å². The Morgan fingerprint density at radius 3 is 2.93 bits per heavy atom. The molecule has 1 aromatic heterocycles. The number of rotatable bonds is 5. The largest absolute Gasteiger partial charge is 0.495 e. The van der Waals surface area contributed by atoms with Crippen molar-refractivity contribution in [3.05, 3.63) is 57.8 Å². The van der Waals surface area contributed by atoms with Crippen LogP contribution in [-0.4, -0.2) is 41.9 Å². The standard InChI is InChI=1S/C20H19ClN2O4S/c1-25-18-7-6-13(10-16(18)21)23-19(24)15-4-2-3-5-17(15)22-20(23)28-11-14-8-9-26-12-27-14/h2-7,10,14H,8-9,11-12H2,1H3/t14-/m1/s1. The van der Waals surface area contributed by atoms with Gasteiger partial charge in [-0.2, -0.15) is 0 Å². The van der Waals surface area contributed by atoms with Gasteiger partial charge in [-0.25, -0.2) is 4.98 Å². The first-order valence-electron chi connectivity index (χ1n) is 8.85. The van der Waals surface area contributed by atoms with Crippen LogP contribution in [0, 0.1) is 0 Å². The summed E-state index contributed by atoms with van der Waals surface area (Å²) in [6, 6.07) is 12.6. The van der Waals surface area contributed by atoms with Crippen LogP contribution in [0.2, 0.25) is 5.02 Å². The van der Waals surface area contributed by atoms with E-state index in [1.54, 1.807) is 35.9 Å². The Hall–Kier alpha value is -2.06. The molecule has 6 nitrogen and oxygen atoms in total. The molecule has 28 heavy (non-hydrogen) atoms. The number of hydrogen-bond acceptors (Lipinski definition) is 6. The predicted octanol–water partition coefficient (Wildman–Crippen LogP) is 3.90. The van der Waals surface area contributed by atoms with Crippen LogP contribution in [-0.2, 0) is 9.47 Å². The fourth-order valence-corrected chi connectivity index (χ4v) is 4.36. The topological polar surface area (TPSA) is 62.6 Å². The van der Waals surface area contributed by atoms with Crippen molar-refractivity contribution in [2.24, 2.45) is 0 Å². The molecule has 1 fully saturated rings. The quantitative estimate of drug-likeness (QED) is 0.462. The van der Waals surface area contributed by atoms with Crippen molar-refractivity contribution in [3.63, 3.8) is 0 Å². The fraction of sp³-hybridized carbons (Fsp3) is 0.300. The molecule has 146 valence electrons. The average molecular weight is 419 g/mol. The molecule has 0 radical (unpaired) electrons. The zero-order valence-corrected chi connectivity index (χ0v) is 16.8. The lowest BCUT2D eigenvalue weighted by Crippen LogP contribution is -2.27. The molecule has 2 aromatic carbocycles. The summed E-state index contributed by atoms with van der Waals surface area (Å²) in [5, 5.41) is 1.59. The summed E-state index contributed by atoms with van der Waals surface area (Å²) in [6.45, 7) is 0.981. The molecular weight excluding hydrogens is 400 g/mol. The fourth-order valence-electron chi connectivity index (χ4n) is 3.03. The third kappa shape index (κ3) is 3.89. The third-order valence-electron chi connectivity index (χ3n) is 4.51. The lowest BCUT2D eigenvalue weighted by molar-refractivity contribution is -0.130. The molecule has 2 heterocycles. The summed E-state index contributed by atoms with van der Waals surface area (Å²) in [6.07, 6.45) is 0.883. The highest BCUT2D eigenvalue weighted by Gasteiger charge is 2.19. The van der Waals surface area contributed by atoms with Gasteiger partial charge in [-0.05, 0) is 36.8 Å². The predicted molar refractivity (Wildman–Crippen MR) is 110 cm³/mol. The summed E-state index contributed by atoms with van der Waals surface area (Å²) in [5.74, 6) is 1.23. The summed E-state index contributed by atoms with van der Waals surface area (Å²) in [5.41, 5.74) is 1.17. The van der Waals surface area contributed by atoms with Crippen LogP contribution in [0.4, 0.5) is 0 Å². The first kappa shape index (κ1) is 19.3. The van der Waals surface area contributed by atoms with Crippen molar-refractivity contribution in [3.8, 4) is 11.4 Å². The van der Waals surface area contributed by atoms with Crippen molar-refractivity contribution in [2.45, 2.75) is 17.7 Å². The number of nitrogens with zero attached hydrogens (tertiary/aromatic N) is 2. The molecule has 8 heteroatoms. The number of ether oxygens (including phenoxy) is 3. The number of halogens is 1. The molecule has 0 spiro atoms. The van der Waals surface area contributed by atoms with Crippen LogP contribution in [0.1, 0.15) is 6.42 Å². The number of aromatic nitrogens is 2. The zero-order valence-electron chi connectivity index (χ0n) is 15.3. The van der Waals surface area contributed by atoms with Gasteiger partial charge in [0.05, 0.1) is 41.4 Å². The van der Waals surface area contributed by atoms with Gasteiger partial charge < -0.3 is 14.2 Å². The molecule has 1 saturated heterocycles. The molecule has 0 aliphatic carbocycles. The molecule has 0 bridgehead atoms. The van der Waals surface area contributed by atoms with Gasteiger partial charge in [-0.15, -0.1) is 0 Å². The average Bonchev–Trinajstić information content (AvgIpc) is 2.73. The lowest BCUT2D eigenvalue weighted by atomic mass is 10.2. The minimum absolute atomic E-state index is 0.0648. The summed E-state index contributed by atoms with van der Waals surface area (Å²) < 4.78 is 17.7. The van der Waals surface area contributed by atoms with Gasteiger partial charge >= 0.3 is 0 Å². The molecule has 0 N–H and O–H groups in total. The number of methoxy groups -OCH3 is 1. The van der Waals surface area contributed by atoms with E-state index >= 15 is 0 Å². The molecule has 1 aliphatic heterocycles. The van der Waals surface area contributed by atoms with E-state index < -0.39 is 0 Å². The molecule has 1 atom stereocenters. The van der Waals surface area contributed by atoms with E-state index in [9.17, 15) is 4.79 Å². The number of thioether (sulfide) groups is 1. The Bertz CT molecular complexity index is 1050. The summed E-state index contributed by atoms with van der Waals surface area (Å²) in [7, 11) is 1.56. The van der Waals surface area contributed by atoms with Gasteiger partial charge in [0.1, 0.15) is 12.5 Å². The number of fused-ring (bicyclic) bond motifs is 1. The second-order valence-electron chi connectivity index (χ2n) is 6.29. The second kappa shape index (κ2) is 8.53. The van der Waals surface area contributed by atoms with Crippen molar-refractivity contribution < 1.29 is 14.2 Å². The molecule has 1 aliphatic rings. The van der Waals surface area contributed by atoms with Crippen LogP contribution in [0.5, 0.6) is 5.75 Å². The van der Waals surface area contributed by atoms with E-state index in [4.69, 9.17) is 30.8 Å². The van der Waals surface area contributed by atoms with Crippen molar-refractivity contribution in [1.29, 1.82) is 0 Å². The number of hydrogen-bond donors (Lipinski definition) is 0. The molecule has 0 saturated carbocycles. The SMILES string of the molecule is COc1ccc(-n2c(SC[C@H]3CCOCO3)nc3ccccc3c2=O)cc1Cl. The van der Waals surface area contributed by atoms with Crippen molar-refractivity contribution in [1.82, 2.24) is 9.55 Å². The smallest absolute Gasteiger partial charge is 0.266 e. The maximum absolute atomic E-state index is 13.3. The second-order valence-corrected chi connectivity index (χ2v) is 7.68. The van der Waals surface area contributed by atoms with Gasteiger partial charge in [0, 0.05) is 5.75 Å². The summed E-state index contributed by atoms with van der Waals surface area (Å²) >= 11 is 7.79. The van der Waals surface area contributed by atoms with Gasteiger partial charge in [0.15, 0.2) is 5.16 Å². The minimum Gasteiger partial charge on any atom is -0.495 e.